The first-order valence-corrected chi connectivity index (χ1v) is 5.74. The third-order valence-corrected chi connectivity index (χ3v) is 2.69. The third kappa shape index (κ3) is 3.35. The van der Waals surface area contributed by atoms with Crippen molar-refractivity contribution >= 4 is 5.97 Å². The van der Waals surface area contributed by atoms with Gasteiger partial charge in [0.1, 0.15) is 0 Å². The van der Waals surface area contributed by atoms with E-state index in [9.17, 15) is 4.79 Å². The molecule has 1 aromatic carbocycles. The number of nitrogens with two attached hydrogens (primary N) is 1. The molecule has 0 aliphatic rings. The van der Waals surface area contributed by atoms with Crippen LogP contribution >= 0.6 is 0 Å². The summed E-state index contributed by atoms with van der Waals surface area (Å²) in [6, 6.07) is 5.46. The van der Waals surface area contributed by atoms with Crippen molar-refractivity contribution < 1.29 is 9.90 Å². The van der Waals surface area contributed by atoms with Crippen LogP contribution in [0.4, 0.5) is 0 Å². The number of hydrogen-bond acceptors (Lipinski definition) is 2. The third-order valence-electron chi connectivity index (χ3n) is 2.69. The molecule has 0 amide bonds. The van der Waals surface area contributed by atoms with E-state index in [0.717, 1.165) is 18.4 Å². The minimum atomic E-state index is -0.902. The lowest BCUT2D eigenvalue weighted by Gasteiger charge is -2.07. The van der Waals surface area contributed by atoms with E-state index < -0.39 is 5.97 Å². The van der Waals surface area contributed by atoms with E-state index in [2.05, 4.69) is 6.92 Å². The second-order valence-corrected chi connectivity index (χ2v) is 3.96. The monoisotopic (exact) mass is 221 g/mol. The van der Waals surface area contributed by atoms with Gasteiger partial charge in [-0.25, -0.2) is 4.79 Å². The van der Waals surface area contributed by atoms with Crippen LogP contribution < -0.4 is 5.73 Å². The van der Waals surface area contributed by atoms with Crippen molar-refractivity contribution in [3.05, 3.63) is 34.9 Å². The van der Waals surface area contributed by atoms with Gasteiger partial charge in [-0.2, -0.15) is 0 Å². The van der Waals surface area contributed by atoms with Gasteiger partial charge in [-0.05, 0) is 30.0 Å². The summed E-state index contributed by atoms with van der Waals surface area (Å²) in [4.78, 5) is 10.9. The minimum absolute atomic E-state index is 0.281. The van der Waals surface area contributed by atoms with E-state index >= 15 is 0 Å². The van der Waals surface area contributed by atoms with Crippen LogP contribution in [0.25, 0.3) is 0 Å². The SMILES string of the molecule is CCCCCc1ccc(C(=O)O)c(CN)c1. The molecule has 0 bridgehead atoms. The molecule has 3 heteroatoms. The van der Waals surface area contributed by atoms with Crippen LogP contribution in [0.5, 0.6) is 0 Å². The van der Waals surface area contributed by atoms with E-state index in [1.54, 1.807) is 6.07 Å². The first-order chi connectivity index (χ1) is 7.69. The number of aryl methyl sites for hydroxylation is 1. The molecule has 1 aromatic rings. The number of hydrogen-bond donors (Lipinski definition) is 2. The quantitative estimate of drug-likeness (QED) is 0.726. The molecule has 0 fully saturated rings. The summed E-state index contributed by atoms with van der Waals surface area (Å²) in [5, 5.41) is 8.95. The molecule has 0 unspecified atom stereocenters. The van der Waals surface area contributed by atoms with E-state index in [-0.39, 0.29) is 6.54 Å². The number of carboxylic acids is 1. The fourth-order valence-corrected chi connectivity index (χ4v) is 1.76. The highest BCUT2D eigenvalue weighted by molar-refractivity contribution is 5.89. The Morgan fingerprint density at radius 2 is 2.12 bits per heavy atom. The van der Waals surface area contributed by atoms with Crippen molar-refractivity contribution in [2.45, 2.75) is 39.2 Å². The van der Waals surface area contributed by atoms with Crippen molar-refractivity contribution in [3.63, 3.8) is 0 Å². The molecular formula is C13H19NO2. The molecular weight excluding hydrogens is 202 g/mol. The predicted molar refractivity (Wildman–Crippen MR) is 64.5 cm³/mol. The van der Waals surface area contributed by atoms with Gasteiger partial charge in [0, 0.05) is 6.54 Å². The minimum Gasteiger partial charge on any atom is -0.478 e. The Labute approximate surface area is 96.3 Å². The second kappa shape index (κ2) is 6.28. The van der Waals surface area contributed by atoms with Crippen LogP contribution in [0.2, 0.25) is 0 Å². The van der Waals surface area contributed by atoms with Crippen LogP contribution in [0, 0.1) is 0 Å². The Hall–Kier alpha value is -1.35. The maximum Gasteiger partial charge on any atom is 0.336 e. The van der Waals surface area contributed by atoms with Crippen molar-refractivity contribution in [2.75, 3.05) is 0 Å². The first kappa shape index (κ1) is 12.7. The normalized spacial score (nSPS) is 10.4. The van der Waals surface area contributed by atoms with Gasteiger partial charge in [0.25, 0.3) is 0 Å². The summed E-state index contributed by atoms with van der Waals surface area (Å²) in [6.45, 7) is 2.45. The summed E-state index contributed by atoms with van der Waals surface area (Å²) in [7, 11) is 0. The van der Waals surface area contributed by atoms with Crippen LogP contribution in [-0.4, -0.2) is 11.1 Å². The number of carboxylic acid groups (broad SMARTS) is 1. The number of rotatable bonds is 6. The molecule has 0 heterocycles. The summed E-state index contributed by atoms with van der Waals surface area (Å²) < 4.78 is 0. The zero-order valence-electron chi connectivity index (χ0n) is 9.70. The average molecular weight is 221 g/mol. The van der Waals surface area contributed by atoms with Crippen LogP contribution in [0.1, 0.15) is 47.7 Å². The molecule has 0 radical (unpaired) electrons. The zero-order chi connectivity index (χ0) is 12.0. The molecule has 0 saturated carbocycles. The number of unbranched alkanes of at least 4 members (excludes halogenated alkanes) is 2. The van der Waals surface area contributed by atoms with Crippen LogP contribution in [-0.2, 0) is 13.0 Å². The molecule has 16 heavy (non-hydrogen) atoms. The van der Waals surface area contributed by atoms with Gasteiger partial charge in [-0.15, -0.1) is 0 Å². The highest BCUT2D eigenvalue weighted by atomic mass is 16.4. The Morgan fingerprint density at radius 3 is 2.69 bits per heavy atom. The predicted octanol–water partition coefficient (Wildman–Crippen LogP) is 2.58. The summed E-state index contributed by atoms with van der Waals surface area (Å²) >= 11 is 0. The molecule has 0 spiro atoms. The van der Waals surface area contributed by atoms with Gasteiger partial charge in [-0.3, -0.25) is 0 Å². The van der Waals surface area contributed by atoms with Crippen LogP contribution in [0.15, 0.2) is 18.2 Å². The van der Waals surface area contributed by atoms with Gasteiger partial charge in [0.05, 0.1) is 5.56 Å². The smallest absolute Gasteiger partial charge is 0.336 e. The maximum atomic E-state index is 10.9. The largest absolute Gasteiger partial charge is 0.478 e. The molecule has 3 N–H and O–H groups in total. The lowest BCUT2D eigenvalue weighted by molar-refractivity contribution is 0.0695. The highest BCUT2D eigenvalue weighted by Gasteiger charge is 2.08. The van der Waals surface area contributed by atoms with Crippen molar-refractivity contribution in [1.82, 2.24) is 0 Å². The van der Waals surface area contributed by atoms with E-state index in [4.69, 9.17) is 10.8 Å². The Bertz CT molecular complexity index is 361. The second-order valence-electron chi connectivity index (χ2n) is 3.96. The molecule has 0 atom stereocenters. The molecule has 0 aromatic heterocycles. The van der Waals surface area contributed by atoms with Gasteiger partial charge in [0.2, 0.25) is 0 Å². The molecule has 88 valence electrons. The lowest BCUT2D eigenvalue weighted by Crippen LogP contribution is -2.07. The molecule has 1 rings (SSSR count). The maximum absolute atomic E-state index is 10.9. The summed E-state index contributed by atoms with van der Waals surface area (Å²) in [5.74, 6) is -0.902. The van der Waals surface area contributed by atoms with Crippen molar-refractivity contribution in [1.29, 1.82) is 0 Å². The zero-order valence-corrected chi connectivity index (χ0v) is 9.70. The molecule has 0 aliphatic heterocycles. The van der Waals surface area contributed by atoms with Crippen LogP contribution in [0.3, 0.4) is 0 Å². The lowest BCUT2D eigenvalue weighted by atomic mass is 10.0. The topological polar surface area (TPSA) is 63.3 Å². The standard InChI is InChI=1S/C13H19NO2/c1-2-3-4-5-10-6-7-12(13(15)16)11(8-10)9-14/h6-8H,2-5,9,14H2,1H3,(H,15,16). The Balaban J connectivity index is 2.78. The first-order valence-electron chi connectivity index (χ1n) is 5.74. The van der Waals surface area contributed by atoms with E-state index in [1.807, 2.05) is 12.1 Å². The Kier molecular flexibility index (Phi) is 4.99. The summed E-state index contributed by atoms with van der Waals surface area (Å²) in [6.07, 6.45) is 4.54. The van der Waals surface area contributed by atoms with Crippen molar-refractivity contribution in [3.8, 4) is 0 Å². The highest BCUT2D eigenvalue weighted by Crippen LogP contribution is 2.14. The molecule has 0 saturated heterocycles. The number of benzene rings is 1. The van der Waals surface area contributed by atoms with Gasteiger partial charge < -0.3 is 10.8 Å². The van der Waals surface area contributed by atoms with E-state index in [1.165, 1.54) is 18.4 Å². The van der Waals surface area contributed by atoms with E-state index in [0.29, 0.717) is 5.56 Å². The Morgan fingerprint density at radius 1 is 1.38 bits per heavy atom. The summed E-state index contributed by atoms with van der Waals surface area (Å²) in [5.41, 5.74) is 7.77. The van der Waals surface area contributed by atoms with Gasteiger partial charge in [-0.1, -0.05) is 31.9 Å². The average Bonchev–Trinajstić information content (AvgIpc) is 2.29. The molecule has 0 aliphatic carbocycles. The van der Waals surface area contributed by atoms with Crippen molar-refractivity contribution in [2.24, 2.45) is 5.73 Å². The fourth-order valence-electron chi connectivity index (χ4n) is 1.76. The van der Waals surface area contributed by atoms with Gasteiger partial charge in [0.15, 0.2) is 0 Å². The van der Waals surface area contributed by atoms with Gasteiger partial charge >= 0.3 is 5.97 Å². The number of aromatic carboxylic acids is 1. The number of carbonyl (C=O) groups is 1. The molecule has 3 nitrogen and oxygen atoms in total. The fraction of sp³-hybridized carbons (Fsp3) is 0.462.